The number of nitrogens with one attached hydrogen (secondary N) is 7. The average Bonchev–Trinajstić information content (AvgIpc) is 1.69. The molecule has 5 fully saturated rings. The van der Waals surface area contributed by atoms with Crippen molar-refractivity contribution < 1.29 is 110 Å². The summed E-state index contributed by atoms with van der Waals surface area (Å²) in [6, 6.07) is 38.8. The molecular weight excluding hydrogens is 1650 g/mol. The number of nitrogens with two attached hydrogens (primary N) is 1. The number of hydrogen-bond donors (Lipinski definition) is 9. The number of nitrogens with zero attached hydrogens (tertiary/aromatic N) is 4. The molecule has 0 radical (unpaired) electrons. The van der Waals surface area contributed by atoms with E-state index in [1.54, 1.807) is 163 Å². The predicted octanol–water partition coefficient (Wildman–Crippen LogP) is 5.07. The van der Waals surface area contributed by atoms with Crippen LogP contribution in [0.2, 0.25) is 0 Å². The van der Waals surface area contributed by atoms with Gasteiger partial charge in [0.05, 0.1) is 41.5 Å². The molecule has 5 aliphatic rings. The first-order valence-corrected chi connectivity index (χ1v) is 38.2. The van der Waals surface area contributed by atoms with E-state index in [4.69, 9.17) is 36.3 Å². The summed E-state index contributed by atoms with van der Waals surface area (Å²) in [6.45, 7) is 11.4. The number of carboxylic acid groups (broad SMARTS) is 1. The van der Waals surface area contributed by atoms with Gasteiger partial charge in [-0.1, -0.05) is 103 Å². The Balaban J connectivity index is 0.000000493. The maximum atomic E-state index is 12.4. The molecule has 0 spiro atoms. The number of ether oxygens (including phenoxy) is 6. The van der Waals surface area contributed by atoms with Crippen LogP contribution in [0.5, 0.6) is 0 Å². The lowest BCUT2D eigenvalue weighted by atomic mass is 10.1. The molecule has 10 rings (SSSR count). The minimum absolute atomic E-state index is 0. The van der Waals surface area contributed by atoms with Crippen molar-refractivity contribution in [2.45, 2.75) is 145 Å². The van der Waals surface area contributed by atoms with Crippen molar-refractivity contribution in [3.63, 3.8) is 0 Å². The fraction of sp³-hybridized carbons (Fsp3) is 0.432. The molecule has 39 heteroatoms. The van der Waals surface area contributed by atoms with E-state index in [0.717, 1.165) is 4.90 Å². The van der Waals surface area contributed by atoms with Gasteiger partial charge >= 0.3 is 42.0 Å². The van der Waals surface area contributed by atoms with E-state index in [1.807, 2.05) is 30.3 Å². The Hall–Kier alpha value is -11.5. The molecule has 120 heavy (non-hydrogen) atoms. The number of amides is 10. The first kappa shape index (κ1) is 105. The standard InChI is InChI=1S/C18H24N2O5.C16H19N3O5.C15H17N3O5.C13H16N2O3.C11H20N2O4.C7H5ClO.CH3Cl.2ClH/c1-18(2,3)25-17(23)20-11-13(10-14(20)16(22)24-4)19-15(21)12-8-6-5-7-9-12;1-24-16(23)13-7-12(9-19(13)14(21)8-17-10-20)18-15(22)11-5-3-2-4-6-11;19-9-16-7-13(20)18-8-11(6-12(18)15(22)23)17-14(21)10-4-2-1-3-5-10;1-18-13(17)11-7-10(8-14-11)15-12(16)9-5-3-2-4-6-9;1-11(2,3)17-10(15)13-6-7(12)5-8(13)9(14)16-4;8-7(9)6-4-2-1-3-5-6;1-2;;/h5-9,13-14H,10-11H2,1-4H3,(H,19,21);2-6,10,12-13H,7-9H2,1H3,(H,17,20)(H,18,22);1-5,9,11-12H,6-8H2,(H,16,19)(H,17,21)(H,22,23);2-6,10-11,14H,7-8H2,1H3,(H,15,16);7-8H,5-6,12H2,1-4H3;1-5H;1H3;2*1H/t13-,14+;12-,13+;11-,12+;10-,11+;7-,8+;;;;/m11111..../s1. The first-order valence-electron chi connectivity index (χ1n) is 37.1. The maximum absolute atomic E-state index is 12.4. The molecule has 5 saturated heterocycles. The lowest BCUT2D eigenvalue weighted by molar-refractivity contribution is -0.150. The number of benzene rings is 5. The number of halogens is 4. The largest absolute Gasteiger partial charge is 0.480 e. The van der Waals surface area contributed by atoms with E-state index in [1.165, 1.54) is 49.5 Å². The summed E-state index contributed by atoms with van der Waals surface area (Å²) < 4.78 is 29.4. The van der Waals surface area contributed by atoms with E-state index in [0.29, 0.717) is 66.6 Å². The van der Waals surface area contributed by atoms with E-state index < -0.39 is 94.5 Å². The van der Waals surface area contributed by atoms with Gasteiger partial charge in [0.2, 0.25) is 24.6 Å². The van der Waals surface area contributed by atoms with Crippen LogP contribution in [0.1, 0.15) is 125 Å². The Kier molecular flexibility index (Phi) is 46.3. The molecule has 35 nitrogen and oxygen atoms in total. The molecule has 0 bridgehead atoms. The number of methoxy groups -OCH3 is 4. The molecular formula is C81H106Cl4N12O23. The van der Waals surface area contributed by atoms with Crippen LogP contribution in [0.4, 0.5) is 9.59 Å². The second kappa shape index (κ2) is 53.1. The highest BCUT2D eigenvalue weighted by Crippen LogP contribution is 2.26. The fourth-order valence-corrected chi connectivity index (χ4v) is 12.4. The number of hydrogen-bond acceptors (Lipinski definition) is 24. The van der Waals surface area contributed by atoms with Gasteiger partial charge in [-0.2, -0.15) is 0 Å². The summed E-state index contributed by atoms with van der Waals surface area (Å²) in [5, 5.41) is 27.6. The fourth-order valence-electron chi connectivity index (χ4n) is 12.2. The maximum Gasteiger partial charge on any atom is 0.411 e. The van der Waals surface area contributed by atoms with Crippen molar-refractivity contribution in [3.05, 3.63) is 179 Å². The van der Waals surface area contributed by atoms with Gasteiger partial charge in [-0.25, -0.2) is 28.8 Å². The minimum atomic E-state index is -1.14. The van der Waals surface area contributed by atoms with Crippen LogP contribution >= 0.6 is 48.0 Å². The number of alkyl halides is 1. The Morgan fingerprint density at radius 3 is 1.01 bits per heavy atom. The smallest absolute Gasteiger partial charge is 0.411 e. The highest BCUT2D eigenvalue weighted by molar-refractivity contribution is 6.67. The van der Waals surface area contributed by atoms with Gasteiger partial charge in [0, 0.05) is 116 Å². The highest BCUT2D eigenvalue weighted by atomic mass is 35.5. The molecule has 0 saturated carbocycles. The summed E-state index contributed by atoms with van der Waals surface area (Å²) in [7, 11) is 5.16. The third-order valence-electron chi connectivity index (χ3n) is 17.6. The molecule has 0 aromatic heterocycles. The highest BCUT2D eigenvalue weighted by Gasteiger charge is 2.45. The zero-order valence-corrected chi connectivity index (χ0v) is 71.4. The number of rotatable bonds is 20. The number of aliphatic carboxylic acids is 1. The van der Waals surface area contributed by atoms with Crippen molar-refractivity contribution in [2.24, 2.45) is 5.73 Å². The second-order valence-corrected chi connectivity index (χ2v) is 28.9. The van der Waals surface area contributed by atoms with Crippen molar-refractivity contribution in [1.82, 2.24) is 56.8 Å². The summed E-state index contributed by atoms with van der Waals surface area (Å²) in [6.07, 6.45) is 2.77. The molecule has 5 aromatic rings. The molecule has 5 aliphatic heterocycles. The molecule has 10 N–H and O–H groups in total. The number of carbonyl (C=O) groups excluding carboxylic acids is 15. The van der Waals surface area contributed by atoms with Crippen molar-refractivity contribution in [1.29, 1.82) is 0 Å². The molecule has 5 aromatic carbocycles. The van der Waals surface area contributed by atoms with Crippen LogP contribution in [0.15, 0.2) is 152 Å². The quantitative estimate of drug-likeness (QED) is 0.0161. The van der Waals surface area contributed by atoms with Crippen LogP contribution in [0.25, 0.3) is 0 Å². The first-order chi connectivity index (χ1) is 56.0. The summed E-state index contributed by atoms with van der Waals surface area (Å²) in [5.41, 5.74) is 7.13. The Morgan fingerprint density at radius 1 is 0.425 bits per heavy atom. The minimum Gasteiger partial charge on any atom is -0.480 e. The Labute approximate surface area is 717 Å². The lowest BCUT2D eigenvalue weighted by Crippen LogP contribution is -2.45. The third kappa shape index (κ3) is 35.2. The van der Waals surface area contributed by atoms with Gasteiger partial charge in [0.15, 0.2) is 0 Å². The topological polar surface area (TPSA) is 472 Å². The predicted molar refractivity (Wildman–Crippen MR) is 445 cm³/mol. The SMILES string of the molecule is CCl.COC(=O)[C@@H]1C[C@@H](N)CN1C(=O)OC(C)(C)C.COC(=O)[C@@H]1C[C@@H](NC(=O)c2ccccc2)CN1.COC(=O)[C@@H]1C[C@@H](NC(=O)c2ccccc2)CN1C(=O)CNC=O.COC(=O)[C@@H]1C[C@@H](NC(=O)c2ccccc2)CN1C(=O)OC(C)(C)C.Cl.Cl.O=C(Cl)c1ccccc1.O=CNCC(=O)N1C[C@H](NC(=O)c2ccccc2)C[C@H]1C(=O)O. The summed E-state index contributed by atoms with van der Waals surface area (Å²) in [4.78, 5) is 191. The van der Waals surface area contributed by atoms with E-state index in [-0.39, 0.29) is 137 Å². The summed E-state index contributed by atoms with van der Waals surface area (Å²) >= 11 is 9.80. The Bertz CT molecular complexity index is 4160. The van der Waals surface area contributed by atoms with Crippen molar-refractivity contribution in [2.75, 3.05) is 80.6 Å². The number of likely N-dealkylation sites (tertiary alicyclic amines) is 4. The van der Waals surface area contributed by atoms with Gasteiger partial charge in [-0.15, -0.1) is 36.4 Å². The Morgan fingerprint density at radius 2 is 0.708 bits per heavy atom. The van der Waals surface area contributed by atoms with Gasteiger partial charge in [0.1, 0.15) is 41.4 Å². The lowest BCUT2D eigenvalue weighted by Gasteiger charge is -2.27. The molecule has 10 atom stereocenters. The number of carbonyl (C=O) groups is 16. The number of esters is 4. The van der Waals surface area contributed by atoms with Gasteiger partial charge in [0.25, 0.3) is 28.9 Å². The van der Waals surface area contributed by atoms with Crippen molar-refractivity contribution in [3.8, 4) is 0 Å². The van der Waals surface area contributed by atoms with Crippen LogP contribution in [-0.4, -0.2) is 273 Å². The van der Waals surface area contributed by atoms with Crippen LogP contribution in [0, 0.1) is 0 Å². The number of carboxylic acids is 1. The van der Waals surface area contributed by atoms with Crippen molar-refractivity contribution >= 4 is 144 Å². The van der Waals surface area contributed by atoms with Gasteiger partial charge < -0.3 is 86.3 Å². The normalized spacial score (nSPS) is 19.5. The molecule has 10 amide bonds. The van der Waals surface area contributed by atoms with Crippen LogP contribution in [0.3, 0.4) is 0 Å². The summed E-state index contributed by atoms with van der Waals surface area (Å²) in [5.74, 6) is -4.82. The van der Waals surface area contributed by atoms with E-state index >= 15 is 0 Å². The molecule has 5 heterocycles. The zero-order valence-electron chi connectivity index (χ0n) is 68.2. The molecule has 0 aliphatic carbocycles. The second-order valence-electron chi connectivity index (χ2n) is 28.5. The van der Waals surface area contributed by atoms with Gasteiger partial charge in [-0.3, -0.25) is 57.7 Å². The van der Waals surface area contributed by atoms with E-state index in [2.05, 4.69) is 58.3 Å². The average molecular weight is 1760 g/mol. The third-order valence-corrected chi connectivity index (χ3v) is 17.8. The molecule has 0 unspecified atom stereocenters. The molecule has 656 valence electrons. The monoisotopic (exact) mass is 1750 g/mol. The van der Waals surface area contributed by atoms with Crippen LogP contribution in [-0.2, 0) is 71.6 Å². The van der Waals surface area contributed by atoms with Gasteiger partial charge in [-0.05, 0) is 115 Å². The van der Waals surface area contributed by atoms with E-state index in [9.17, 15) is 81.8 Å². The van der Waals surface area contributed by atoms with Crippen LogP contribution < -0.4 is 43.0 Å². The zero-order chi connectivity index (χ0) is 87.8.